The third-order valence-corrected chi connectivity index (χ3v) is 6.17. The number of primary amides is 1. The average Bonchev–Trinajstić information content (AvgIpc) is 3.13. The molecule has 3 heterocycles. The number of carbonyl (C=O) groups excluding carboxylic acids is 2. The third kappa shape index (κ3) is 3.57. The molecule has 4 rings (SSSR count). The van der Waals surface area contributed by atoms with E-state index >= 15 is 0 Å². The molecule has 1 aromatic carbocycles. The number of nitrogens with two attached hydrogens (primary N) is 1. The predicted molar refractivity (Wildman–Crippen MR) is 113 cm³/mol. The molecule has 2 atom stereocenters. The molecule has 3 amide bonds. The fourth-order valence-corrected chi connectivity index (χ4v) is 4.60. The van der Waals surface area contributed by atoms with Crippen LogP contribution in [0.2, 0.25) is 5.02 Å². The summed E-state index contributed by atoms with van der Waals surface area (Å²) in [5.74, 6) is -0.227. The molecule has 0 bridgehead atoms. The molecule has 0 spiro atoms. The Labute approximate surface area is 179 Å². The Balaban J connectivity index is 1.62. The fraction of sp³-hybridized carbons (Fsp3) is 0.381. The molecule has 8 nitrogen and oxygen atoms in total. The van der Waals surface area contributed by atoms with Gasteiger partial charge in [-0.25, -0.2) is 4.79 Å². The normalized spacial score (nSPS) is 24.2. The Kier molecular flexibility index (Phi) is 5.53. The van der Waals surface area contributed by atoms with Gasteiger partial charge in [-0.15, -0.1) is 0 Å². The lowest BCUT2D eigenvalue weighted by Crippen LogP contribution is -2.60. The lowest BCUT2D eigenvalue weighted by Gasteiger charge is -2.43. The molecule has 9 heteroatoms. The fourth-order valence-electron chi connectivity index (χ4n) is 4.47. The summed E-state index contributed by atoms with van der Waals surface area (Å²) < 4.78 is 0. The van der Waals surface area contributed by atoms with Gasteiger partial charge in [0.15, 0.2) is 5.54 Å². The predicted octanol–water partition coefficient (Wildman–Crippen LogP) is 1.42. The van der Waals surface area contributed by atoms with Crippen LogP contribution in [-0.4, -0.2) is 70.7 Å². The van der Waals surface area contributed by atoms with Crippen molar-refractivity contribution in [3.05, 3.63) is 59.4 Å². The van der Waals surface area contributed by atoms with Crippen LogP contribution in [0.5, 0.6) is 0 Å². The van der Waals surface area contributed by atoms with Crippen LogP contribution in [-0.2, 0) is 10.3 Å². The molecule has 1 aromatic heterocycles. The highest BCUT2D eigenvalue weighted by atomic mass is 35.5. The van der Waals surface area contributed by atoms with Gasteiger partial charge in [0.2, 0.25) is 0 Å². The smallest absolute Gasteiger partial charge is 0.316 e. The maximum atomic E-state index is 13.8. The number of β-amino-alcohol motifs (C(OH)–C–C–N with tert-alkyl or cyclic N) is 1. The first-order chi connectivity index (χ1) is 14.4. The maximum absolute atomic E-state index is 13.8. The summed E-state index contributed by atoms with van der Waals surface area (Å²) in [6, 6.07) is 9.95. The van der Waals surface area contributed by atoms with Gasteiger partial charge in [0.05, 0.1) is 6.10 Å². The number of aromatic nitrogens is 1. The van der Waals surface area contributed by atoms with Crippen molar-refractivity contribution >= 4 is 29.2 Å². The number of anilines is 1. The Morgan fingerprint density at radius 2 is 1.70 bits per heavy atom. The van der Waals surface area contributed by atoms with E-state index in [9.17, 15) is 14.7 Å². The van der Waals surface area contributed by atoms with Crippen LogP contribution in [0, 0.1) is 0 Å². The van der Waals surface area contributed by atoms with Crippen LogP contribution >= 0.6 is 11.6 Å². The number of aliphatic hydroxyl groups is 1. The molecule has 0 aliphatic carbocycles. The van der Waals surface area contributed by atoms with Crippen molar-refractivity contribution in [3.8, 4) is 0 Å². The SMILES string of the molecule is NC(=O)N1C[C@H](O)C[C@]1(C(=O)N1CCN(c2ccncc2)CC1)c1ccc(Cl)cc1. The number of carbonyl (C=O) groups is 2. The maximum Gasteiger partial charge on any atom is 0.316 e. The van der Waals surface area contributed by atoms with Gasteiger partial charge in [-0.05, 0) is 29.8 Å². The van der Waals surface area contributed by atoms with Crippen LogP contribution in [0.3, 0.4) is 0 Å². The Morgan fingerprint density at radius 3 is 2.30 bits per heavy atom. The van der Waals surface area contributed by atoms with Crippen molar-refractivity contribution in [3.63, 3.8) is 0 Å². The van der Waals surface area contributed by atoms with Gasteiger partial charge in [-0.2, -0.15) is 0 Å². The summed E-state index contributed by atoms with van der Waals surface area (Å²) in [4.78, 5) is 35.3. The molecule has 2 saturated heterocycles. The van der Waals surface area contributed by atoms with Crippen molar-refractivity contribution in [1.29, 1.82) is 0 Å². The summed E-state index contributed by atoms with van der Waals surface area (Å²) in [5, 5.41) is 10.9. The zero-order valence-electron chi connectivity index (χ0n) is 16.4. The van der Waals surface area contributed by atoms with E-state index in [0.717, 1.165) is 5.69 Å². The first-order valence-electron chi connectivity index (χ1n) is 9.87. The summed E-state index contributed by atoms with van der Waals surface area (Å²) in [6.45, 7) is 2.33. The minimum Gasteiger partial charge on any atom is -0.391 e. The van der Waals surface area contributed by atoms with Crippen molar-refractivity contribution in [2.75, 3.05) is 37.6 Å². The molecular formula is C21H24ClN5O3. The standard InChI is InChI=1S/C21H24ClN5O3/c22-16-3-1-15(2-4-16)21(13-18(28)14-27(21)20(23)30)19(29)26-11-9-25(10-12-26)17-5-7-24-8-6-17/h1-8,18,28H,9-14H2,(H2,23,30)/t18-,21-/m1/s1. The van der Waals surface area contributed by atoms with Crippen molar-refractivity contribution in [1.82, 2.24) is 14.8 Å². The molecule has 3 N–H and O–H groups in total. The zero-order valence-corrected chi connectivity index (χ0v) is 17.2. The topological polar surface area (TPSA) is 103 Å². The average molecular weight is 430 g/mol. The summed E-state index contributed by atoms with van der Waals surface area (Å²) in [5.41, 5.74) is 5.95. The Morgan fingerprint density at radius 1 is 1.07 bits per heavy atom. The number of halogens is 1. The second kappa shape index (κ2) is 8.12. The molecule has 2 aliphatic heterocycles. The second-order valence-corrected chi connectivity index (χ2v) is 8.10. The highest BCUT2D eigenvalue weighted by Gasteiger charge is 2.55. The van der Waals surface area contributed by atoms with Crippen molar-refractivity contribution in [2.24, 2.45) is 5.73 Å². The Bertz CT molecular complexity index is 918. The van der Waals surface area contributed by atoms with Gasteiger partial charge in [0.25, 0.3) is 5.91 Å². The van der Waals surface area contributed by atoms with E-state index in [0.29, 0.717) is 36.8 Å². The van der Waals surface area contributed by atoms with Gasteiger partial charge in [-0.1, -0.05) is 23.7 Å². The summed E-state index contributed by atoms with van der Waals surface area (Å²) in [6.07, 6.45) is 2.75. The van der Waals surface area contributed by atoms with Gasteiger partial charge < -0.3 is 25.5 Å². The van der Waals surface area contributed by atoms with E-state index in [1.54, 1.807) is 41.6 Å². The lowest BCUT2D eigenvalue weighted by molar-refractivity contribution is -0.142. The number of rotatable bonds is 3. The summed E-state index contributed by atoms with van der Waals surface area (Å²) in [7, 11) is 0. The number of urea groups is 1. The molecule has 0 radical (unpaired) electrons. The van der Waals surface area contributed by atoms with Crippen LogP contribution in [0.4, 0.5) is 10.5 Å². The third-order valence-electron chi connectivity index (χ3n) is 5.92. The van der Waals surface area contributed by atoms with E-state index in [-0.39, 0.29) is 18.9 Å². The van der Waals surface area contributed by atoms with Crippen LogP contribution in [0.25, 0.3) is 0 Å². The molecule has 0 unspecified atom stereocenters. The number of piperazine rings is 1. The number of aliphatic hydroxyl groups excluding tert-OH is 1. The number of hydrogen-bond acceptors (Lipinski definition) is 5. The quantitative estimate of drug-likeness (QED) is 0.768. The number of likely N-dealkylation sites (tertiary alicyclic amines) is 1. The molecular weight excluding hydrogens is 406 g/mol. The first-order valence-corrected chi connectivity index (χ1v) is 10.2. The number of nitrogens with zero attached hydrogens (tertiary/aromatic N) is 4. The highest BCUT2D eigenvalue weighted by molar-refractivity contribution is 6.30. The molecule has 158 valence electrons. The molecule has 2 aromatic rings. The Hall–Kier alpha value is -2.84. The minimum atomic E-state index is -1.34. The van der Waals surface area contributed by atoms with E-state index < -0.39 is 17.7 Å². The largest absolute Gasteiger partial charge is 0.391 e. The summed E-state index contributed by atoms with van der Waals surface area (Å²) >= 11 is 6.03. The molecule has 2 aliphatic rings. The minimum absolute atomic E-state index is 0.0146. The molecule has 2 fully saturated rings. The highest BCUT2D eigenvalue weighted by Crippen LogP contribution is 2.41. The number of hydrogen-bond donors (Lipinski definition) is 2. The van der Waals surface area contributed by atoms with E-state index in [2.05, 4.69) is 9.88 Å². The van der Waals surface area contributed by atoms with Gasteiger partial charge in [0, 0.05) is 62.2 Å². The monoisotopic (exact) mass is 429 g/mol. The lowest BCUT2D eigenvalue weighted by atomic mass is 9.85. The van der Waals surface area contributed by atoms with Crippen LogP contribution in [0.1, 0.15) is 12.0 Å². The van der Waals surface area contributed by atoms with Gasteiger partial charge in [-0.3, -0.25) is 9.78 Å². The number of benzene rings is 1. The van der Waals surface area contributed by atoms with Gasteiger partial charge in [0.1, 0.15) is 0 Å². The second-order valence-electron chi connectivity index (χ2n) is 7.66. The van der Waals surface area contributed by atoms with E-state index in [1.165, 1.54) is 4.90 Å². The van der Waals surface area contributed by atoms with Crippen molar-refractivity contribution < 1.29 is 14.7 Å². The molecule has 30 heavy (non-hydrogen) atoms. The number of amides is 3. The zero-order chi connectivity index (χ0) is 21.3. The van der Waals surface area contributed by atoms with Crippen LogP contribution in [0.15, 0.2) is 48.8 Å². The molecule has 0 saturated carbocycles. The van der Waals surface area contributed by atoms with Gasteiger partial charge >= 0.3 is 6.03 Å². The van der Waals surface area contributed by atoms with Crippen molar-refractivity contribution in [2.45, 2.75) is 18.1 Å². The van der Waals surface area contributed by atoms with E-state index in [1.807, 2.05) is 12.1 Å². The number of pyridine rings is 1. The van der Waals surface area contributed by atoms with E-state index in [4.69, 9.17) is 17.3 Å². The van der Waals surface area contributed by atoms with Crippen LogP contribution < -0.4 is 10.6 Å². The first kappa shape index (κ1) is 20.4.